The van der Waals surface area contributed by atoms with Gasteiger partial charge in [0.2, 0.25) is 0 Å². The summed E-state index contributed by atoms with van der Waals surface area (Å²) in [5.74, 6) is -0.610. The van der Waals surface area contributed by atoms with Gasteiger partial charge in [0.25, 0.3) is 5.69 Å². The molecule has 0 radical (unpaired) electrons. The number of aromatic nitrogens is 2. The average molecular weight is 320 g/mol. The molecule has 1 atom stereocenters. The highest BCUT2D eigenvalue weighted by molar-refractivity contribution is 6.05. The Bertz CT molecular complexity index is 779. The molecule has 0 aliphatic carbocycles. The molecule has 1 aliphatic heterocycles. The van der Waals surface area contributed by atoms with E-state index >= 15 is 0 Å². The van der Waals surface area contributed by atoms with Gasteiger partial charge in [-0.1, -0.05) is 0 Å². The third-order valence-corrected chi connectivity index (χ3v) is 3.92. The smallest absolute Gasteiger partial charge is 0.356 e. The molecular weight excluding hydrogens is 304 g/mol. The number of carbonyl (C=O) groups is 1. The van der Waals surface area contributed by atoms with Gasteiger partial charge in [-0.05, 0) is 12.8 Å². The summed E-state index contributed by atoms with van der Waals surface area (Å²) in [4.78, 5) is 26.6. The lowest BCUT2D eigenvalue weighted by Gasteiger charge is -2.13. The van der Waals surface area contributed by atoms with Gasteiger partial charge in [-0.15, -0.1) is 0 Å². The highest BCUT2D eigenvalue weighted by atomic mass is 16.6. The fourth-order valence-corrected chi connectivity index (χ4v) is 2.83. The molecular formula is C14H16N4O5. The van der Waals surface area contributed by atoms with Gasteiger partial charge in [0.05, 0.1) is 30.4 Å². The normalized spacial score (nSPS) is 17.5. The molecule has 0 spiro atoms. The maximum absolute atomic E-state index is 12.1. The molecule has 0 aromatic carbocycles. The zero-order chi connectivity index (χ0) is 16.6. The van der Waals surface area contributed by atoms with Crippen LogP contribution in [0.3, 0.4) is 0 Å². The molecule has 3 heterocycles. The Kier molecular flexibility index (Phi) is 3.87. The van der Waals surface area contributed by atoms with Crippen molar-refractivity contribution in [3.8, 4) is 0 Å². The zero-order valence-corrected chi connectivity index (χ0v) is 12.5. The molecule has 1 fully saturated rings. The number of nitrogens with two attached hydrogens (primary N) is 1. The van der Waals surface area contributed by atoms with Gasteiger partial charge in [-0.25, -0.2) is 9.78 Å². The van der Waals surface area contributed by atoms with Gasteiger partial charge >= 0.3 is 5.97 Å². The Morgan fingerprint density at radius 1 is 1.65 bits per heavy atom. The van der Waals surface area contributed by atoms with E-state index in [1.165, 1.54) is 13.2 Å². The number of methoxy groups -OCH3 is 1. The van der Waals surface area contributed by atoms with Crippen LogP contribution >= 0.6 is 0 Å². The molecule has 9 nitrogen and oxygen atoms in total. The van der Waals surface area contributed by atoms with E-state index in [0.717, 1.165) is 19.0 Å². The second-order valence-electron chi connectivity index (χ2n) is 5.32. The topological polar surface area (TPSA) is 123 Å². The number of anilines is 1. The van der Waals surface area contributed by atoms with Crippen molar-refractivity contribution < 1.29 is 19.2 Å². The Morgan fingerprint density at radius 3 is 3.04 bits per heavy atom. The van der Waals surface area contributed by atoms with Crippen LogP contribution < -0.4 is 5.73 Å². The summed E-state index contributed by atoms with van der Waals surface area (Å²) in [5.41, 5.74) is 6.53. The predicted molar refractivity (Wildman–Crippen MR) is 81.1 cm³/mol. The van der Waals surface area contributed by atoms with E-state index in [-0.39, 0.29) is 23.2 Å². The van der Waals surface area contributed by atoms with Crippen molar-refractivity contribution in [2.24, 2.45) is 0 Å². The van der Waals surface area contributed by atoms with Crippen LogP contribution in [0.5, 0.6) is 0 Å². The van der Waals surface area contributed by atoms with Crippen molar-refractivity contribution in [2.45, 2.75) is 25.5 Å². The van der Waals surface area contributed by atoms with Crippen LogP contribution in [0.25, 0.3) is 11.0 Å². The lowest BCUT2D eigenvalue weighted by Crippen LogP contribution is -2.20. The summed E-state index contributed by atoms with van der Waals surface area (Å²) in [6.45, 7) is 1.06. The number of nitrogens with zero attached hydrogens (tertiary/aromatic N) is 3. The van der Waals surface area contributed by atoms with Crippen LogP contribution in [0, 0.1) is 10.1 Å². The van der Waals surface area contributed by atoms with Gasteiger partial charge in [-0.2, -0.15) is 0 Å². The van der Waals surface area contributed by atoms with E-state index in [1.54, 1.807) is 4.57 Å². The summed E-state index contributed by atoms with van der Waals surface area (Å²) >= 11 is 0. The molecule has 9 heteroatoms. The summed E-state index contributed by atoms with van der Waals surface area (Å²) in [5, 5.41) is 11.3. The summed E-state index contributed by atoms with van der Waals surface area (Å²) in [7, 11) is 1.26. The van der Waals surface area contributed by atoms with Crippen LogP contribution in [-0.4, -0.2) is 40.3 Å². The second kappa shape index (κ2) is 5.84. The highest BCUT2D eigenvalue weighted by Crippen LogP contribution is 2.31. The Morgan fingerprint density at radius 2 is 2.43 bits per heavy atom. The van der Waals surface area contributed by atoms with E-state index in [0.29, 0.717) is 24.2 Å². The van der Waals surface area contributed by atoms with Crippen LogP contribution in [0.2, 0.25) is 0 Å². The number of hydrogen-bond acceptors (Lipinski definition) is 7. The summed E-state index contributed by atoms with van der Waals surface area (Å²) in [6, 6.07) is 1.32. The third kappa shape index (κ3) is 2.59. The van der Waals surface area contributed by atoms with Crippen LogP contribution in [0.1, 0.15) is 23.3 Å². The fourth-order valence-electron chi connectivity index (χ4n) is 2.83. The first kappa shape index (κ1) is 15.2. The number of fused-ring (bicyclic) bond motifs is 1. The minimum atomic E-state index is -0.610. The van der Waals surface area contributed by atoms with Crippen LogP contribution in [0.4, 0.5) is 11.4 Å². The number of carbonyl (C=O) groups excluding carboxylic acids is 1. The van der Waals surface area contributed by atoms with E-state index < -0.39 is 10.9 Å². The summed E-state index contributed by atoms with van der Waals surface area (Å²) < 4.78 is 12.0. The monoisotopic (exact) mass is 320 g/mol. The molecule has 2 aromatic rings. The fraction of sp³-hybridized carbons (Fsp3) is 0.429. The van der Waals surface area contributed by atoms with Crippen LogP contribution in [-0.2, 0) is 16.0 Å². The maximum Gasteiger partial charge on any atom is 0.356 e. The molecule has 1 aliphatic rings. The van der Waals surface area contributed by atoms with Gasteiger partial charge in [0.1, 0.15) is 11.8 Å². The molecule has 1 saturated heterocycles. The lowest BCUT2D eigenvalue weighted by atomic mass is 10.2. The molecule has 0 unspecified atom stereocenters. The first-order valence-electron chi connectivity index (χ1n) is 7.15. The zero-order valence-electron chi connectivity index (χ0n) is 12.5. The number of nitro groups is 1. The van der Waals surface area contributed by atoms with Gasteiger partial charge < -0.3 is 19.8 Å². The quantitative estimate of drug-likeness (QED) is 0.514. The first-order chi connectivity index (χ1) is 11.0. The van der Waals surface area contributed by atoms with E-state index in [2.05, 4.69) is 4.98 Å². The summed E-state index contributed by atoms with van der Waals surface area (Å²) in [6.07, 6.45) is 2.92. The Labute approximate surface area is 131 Å². The number of nitrogen functional groups attached to an aromatic ring is 1. The van der Waals surface area contributed by atoms with Crippen molar-refractivity contribution in [1.82, 2.24) is 9.55 Å². The molecule has 0 bridgehead atoms. The van der Waals surface area contributed by atoms with Gasteiger partial charge in [0.15, 0.2) is 5.69 Å². The number of esters is 1. The number of pyridine rings is 1. The van der Waals surface area contributed by atoms with Crippen molar-refractivity contribution in [3.63, 3.8) is 0 Å². The SMILES string of the molecule is COC(=O)c1c(N)c2cc([N+](=O)[O-])cnc2n1C[C@@H]1CCCO1. The number of hydrogen-bond donors (Lipinski definition) is 1. The van der Waals surface area contributed by atoms with Gasteiger partial charge in [-0.3, -0.25) is 10.1 Å². The number of rotatable bonds is 4. The Balaban J connectivity index is 2.17. The molecule has 2 aromatic heterocycles. The second-order valence-corrected chi connectivity index (χ2v) is 5.32. The largest absolute Gasteiger partial charge is 0.464 e. The molecule has 122 valence electrons. The van der Waals surface area contributed by atoms with E-state index in [1.807, 2.05) is 0 Å². The predicted octanol–water partition coefficient (Wildman–Crippen LogP) is 1.49. The minimum Gasteiger partial charge on any atom is -0.464 e. The van der Waals surface area contributed by atoms with Crippen LogP contribution in [0.15, 0.2) is 12.3 Å². The van der Waals surface area contributed by atoms with Gasteiger partial charge in [0, 0.05) is 18.1 Å². The minimum absolute atomic E-state index is 0.0506. The Hall–Kier alpha value is -2.68. The van der Waals surface area contributed by atoms with Crippen molar-refractivity contribution in [1.29, 1.82) is 0 Å². The third-order valence-electron chi connectivity index (χ3n) is 3.92. The standard InChI is InChI=1S/C14H16N4O5/c1-22-14(19)12-11(15)10-5-8(18(20)21)6-16-13(10)17(12)7-9-3-2-4-23-9/h5-6,9H,2-4,7,15H2,1H3/t9-/m0/s1. The van der Waals surface area contributed by atoms with E-state index in [4.69, 9.17) is 15.2 Å². The lowest BCUT2D eigenvalue weighted by molar-refractivity contribution is -0.385. The molecule has 3 rings (SSSR count). The van der Waals surface area contributed by atoms with Crippen molar-refractivity contribution >= 4 is 28.4 Å². The number of ether oxygens (including phenoxy) is 2. The van der Waals surface area contributed by atoms with Crippen molar-refractivity contribution in [3.05, 3.63) is 28.1 Å². The van der Waals surface area contributed by atoms with E-state index in [9.17, 15) is 14.9 Å². The maximum atomic E-state index is 12.1. The average Bonchev–Trinajstić information content (AvgIpc) is 3.14. The molecule has 0 saturated carbocycles. The first-order valence-corrected chi connectivity index (χ1v) is 7.15. The molecule has 0 amide bonds. The van der Waals surface area contributed by atoms with Crippen molar-refractivity contribution in [2.75, 3.05) is 19.5 Å². The molecule has 23 heavy (non-hydrogen) atoms. The molecule has 2 N–H and O–H groups in total. The highest BCUT2D eigenvalue weighted by Gasteiger charge is 2.27.